The first kappa shape index (κ1) is 22.4. The summed E-state index contributed by atoms with van der Waals surface area (Å²) < 4.78 is 30.3. The van der Waals surface area contributed by atoms with Crippen molar-refractivity contribution in [1.29, 1.82) is 0 Å². The zero-order valence-corrected chi connectivity index (χ0v) is 18.0. The number of ether oxygens (including phenoxy) is 3. The summed E-state index contributed by atoms with van der Waals surface area (Å²) in [6.45, 7) is 3.42. The van der Waals surface area contributed by atoms with Gasteiger partial charge in [0.1, 0.15) is 19.3 Å². The van der Waals surface area contributed by atoms with E-state index in [1.807, 2.05) is 0 Å². The number of fused-ring (bicyclic) bond motifs is 1. The number of aliphatic hydroxyl groups is 1. The van der Waals surface area contributed by atoms with Crippen LogP contribution in [0.25, 0.3) is 0 Å². The van der Waals surface area contributed by atoms with E-state index in [1.165, 1.54) is 12.1 Å². The average Bonchev–Trinajstić information content (AvgIpc) is 3.32. The fraction of sp³-hybridized carbons (Fsp3) is 0.458. The van der Waals surface area contributed by atoms with Crippen molar-refractivity contribution in [3.8, 4) is 17.2 Å². The van der Waals surface area contributed by atoms with E-state index in [0.29, 0.717) is 36.8 Å². The van der Waals surface area contributed by atoms with Crippen LogP contribution in [0.3, 0.4) is 0 Å². The zero-order valence-electron chi connectivity index (χ0n) is 18.0. The molecule has 2 atom stereocenters. The van der Waals surface area contributed by atoms with Crippen molar-refractivity contribution in [3.63, 3.8) is 0 Å². The number of benzene rings is 2. The minimum Gasteiger partial charge on any atom is -0.490 e. The number of aliphatic hydroxyl groups excluding tert-OH is 1. The molecule has 2 aliphatic heterocycles. The van der Waals surface area contributed by atoms with E-state index in [1.54, 1.807) is 30.3 Å². The lowest BCUT2D eigenvalue weighted by molar-refractivity contribution is -0.123. The van der Waals surface area contributed by atoms with Crippen molar-refractivity contribution in [2.24, 2.45) is 0 Å². The second-order valence-corrected chi connectivity index (χ2v) is 8.06. The van der Waals surface area contributed by atoms with Crippen molar-refractivity contribution in [2.45, 2.75) is 31.4 Å². The van der Waals surface area contributed by atoms with Gasteiger partial charge in [-0.3, -0.25) is 4.79 Å². The molecule has 7 nitrogen and oxygen atoms in total. The van der Waals surface area contributed by atoms with Crippen molar-refractivity contribution < 1.29 is 28.5 Å². The minimum absolute atomic E-state index is 0.0450. The highest BCUT2D eigenvalue weighted by molar-refractivity contribution is 5.76. The van der Waals surface area contributed by atoms with Gasteiger partial charge < -0.3 is 29.5 Å². The van der Waals surface area contributed by atoms with Gasteiger partial charge in [0, 0.05) is 6.54 Å². The van der Waals surface area contributed by atoms with E-state index in [9.17, 15) is 14.3 Å². The fourth-order valence-electron chi connectivity index (χ4n) is 4.04. The van der Waals surface area contributed by atoms with E-state index < -0.39 is 18.0 Å². The molecule has 2 aromatic rings. The molecule has 0 radical (unpaired) electrons. The van der Waals surface area contributed by atoms with Crippen LogP contribution < -0.4 is 19.5 Å². The minimum atomic E-state index is -0.914. The predicted molar refractivity (Wildman–Crippen MR) is 117 cm³/mol. The van der Waals surface area contributed by atoms with Gasteiger partial charge in [-0.25, -0.2) is 4.39 Å². The van der Waals surface area contributed by atoms with E-state index >= 15 is 0 Å². The molecule has 32 heavy (non-hydrogen) atoms. The molecule has 1 saturated heterocycles. The van der Waals surface area contributed by atoms with Gasteiger partial charge in [-0.1, -0.05) is 18.2 Å². The highest BCUT2D eigenvalue weighted by Gasteiger charge is 2.27. The standard InChI is InChI=1S/C24H29FN2O5/c25-18-5-1-2-6-20(18)30-12-9-23(28)26-19(16-27-10-3-4-11-27)24(29)17-7-8-21-22(15-17)32-14-13-31-21/h1-2,5-8,15,19,24,29H,3-4,9-14,16H2,(H,26,28)/t19-,24?/m1/s1. The van der Waals surface area contributed by atoms with Gasteiger partial charge in [0.25, 0.3) is 0 Å². The summed E-state index contributed by atoms with van der Waals surface area (Å²) in [5.41, 5.74) is 0.654. The van der Waals surface area contributed by atoms with Crippen LogP contribution in [-0.4, -0.2) is 61.4 Å². The average molecular weight is 445 g/mol. The Kier molecular flexibility index (Phi) is 7.44. The van der Waals surface area contributed by atoms with Crippen LogP contribution in [-0.2, 0) is 4.79 Å². The lowest BCUT2D eigenvalue weighted by Crippen LogP contribution is -2.47. The number of rotatable bonds is 9. The monoisotopic (exact) mass is 444 g/mol. The van der Waals surface area contributed by atoms with Crippen LogP contribution in [0.15, 0.2) is 42.5 Å². The Morgan fingerprint density at radius 3 is 2.66 bits per heavy atom. The normalized spacial score (nSPS) is 17.6. The van der Waals surface area contributed by atoms with Crippen LogP contribution in [0.1, 0.15) is 30.9 Å². The second kappa shape index (κ2) is 10.7. The maximum atomic E-state index is 13.7. The van der Waals surface area contributed by atoms with Crippen LogP contribution in [0.2, 0.25) is 0 Å². The van der Waals surface area contributed by atoms with Gasteiger partial charge in [-0.2, -0.15) is 0 Å². The third-order valence-electron chi connectivity index (χ3n) is 5.71. The summed E-state index contributed by atoms with van der Waals surface area (Å²) in [5, 5.41) is 14.1. The number of carbonyl (C=O) groups is 1. The van der Waals surface area contributed by atoms with Crippen LogP contribution in [0, 0.1) is 5.82 Å². The first-order valence-electron chi connectivity index (χ1n) is 11.1. The third-order valence-corrected chi connectivity index (χ3v) is 5.71. The number of hydrogen-bond acceptors (Lipinski definition) is 6. The summed E-state index contributed by atoms with van der Waals surface area (Å²) in [5.74, 6) is 0.635. The predicted octanol–water partition coefficient (Wildman–Crippen LogP) is 2.68. The van der Waals surface area contributed by atoms with E-state index in [2.05, 4.69) is 10.2 Å². The molecule has 0 spiro atoms. The highest BCUT2D eigenvalue weighted by atomic mass is 19.1. The largest absolute Gasteiger partial charge is 0.490 e. The zero-order chi connectivity index (χ0) is 22.3. The highest BCUT2D eigenvalue weighted by Crippen LogP contribution is 2.33. The molecule has 4 rings (SSSR count). The smallest absolute Gasteiger partial charge is 0.223 e. The molecule has 1 amide bonds. The second-order valence-electron chi connectivity index (χ2n) is 8.06. The molecule has 1 unspecified atom stereocenters. The Hall–Kier alpha value is -2.84. The molecule has 0 saturated carbocycles. The summed E-state index contributed by atoms with van der Waals surface area (Å²) >= 11 is 0. The molecular weight excluding hydrogens is 415 g/mol. The Bertz CT molecular complexity index is 919. The SMILES string of the molecule is O=C(CCOc1ccccc1F)N[C@H](CN1CCCC1)C(O)c1ccc2c(c1)OCCO2. The van der Waals surface area contributed by atoms with Gasteiger partial charge in [-0.05, 0) is 55.8 Å². The Labute approximate surface area is 187 Å². The summed E-state index contributed by atoms with van der Waals surface area (Å²) in [7, 11) is 0. The van der Waals surface area contributed by atoms with Crippen LogP contribution in [0.4, 0.5) is 4.39 Å². The van der Waals surface area contributed by atoms with Crippen molar-refractivity contribution in [3.05, 3.63) is 53.8 Å². The number of halogens is 1. The van der Waals surface area contributed by atoms with E-state index in [-0.39, 0.29) is 24.7 Å². The fourth-order valence-corrected chi connectivity index (χ4v) is 4.04. The van der Waals surface area contributed by atoms with Gasteiger partial charge in [0.05, 0.1) is 19.1 Å². The molecule has 1 fully saturated rings. The van der Waals surface area contributed by atoms with Gasteiger partial charge in [0.2, 0.25) is 5.91 Å². The van der Waals surface area contributed by atoms with Gasteiger partial charge in [0.15, 0.2) is 23.1 Å². The Morgan fingerprint density at radius 1 is 1.12 bits per heavy atom. The molecule has 2 aromatic carbocycles. The molecule has 0 aliphatic carbocycles. The molecule has 0 bridgehead atoms. The lowest BCUT2D eigenvalue weighted by Gasteiger charge is -2.29. The van der Waals surface area contributed by atoms with Crippen LogP contribution >= 0.6 is 0 Å². The Balaban J connectivity index is 1.39. The maximum Gasteiger partial charge on any atom is 0.223 e. The first-order valence-corrected chi connectivity index (χ1v) is 11.1. The van der Waals surface area contributed by atoms with E-state index in [4.69, 9.17) is 14.2 Å². The number of nitrogens with zero attached hydrogens (tertiary/aromatic N) is 1. The maximum absolute atomic E-state index is 13.7. The molecule has 0 aromatic heterocycles. The molecule has 2 aliphatic rings. The number of hydrogen-bond donors (Lipinski definition) is 2. The topological polar surface area (TPSA) is 80.3 Å². The quantitative estimate of drug-likeness (QED) is 0.619. The molecular formula is C24H29FN2O5. The Morgan fingerprint density at radius 2 is 1.88 bits per heavy atom. The number of nitrogens with one attached hydrogen (secondary N) is 1. The molecule has 2 N–H and O–H groups in total. The van der Waals surface area contributed by atoms with Gasteiger partial charge in [-0.15, -0.1) is 0 Å². The van der Waals surface area contributed by atoms with Crippen molar-refractivity contribution >= 4 is 5.91 Å². The molecule has 8 heteroatoms. The number of carbonyl (C=O) groups excluding carboxylic acids is 1. The van der Waals surface area contributed by atoms with Crippen molar-refractivity contribution in [1.82, 2.24) is 10.2 Å². The van der Waals surface area contributed by atoms with Crippen molar-refractivity contribution in [2.75, 3.05) is 39.5 Å². The van der Waals surface area contributed by atoms with E-state index in [0.717, 1.165) is 25.9 Å². The first-order chi connectivity index (χ1) is 15.6. The van der Waals surface area contributed by atoms with Crippen LogP contribution in [0.5, 0.6) is 17.2 Å². The summed E-state index contributed by atoms with van der Waals surface area (Å²) in [6, 6.07) is 10.9. The molecule has 2 heterocycles. The molecule has 172 valence electrons. The summed E-state index contributed by atoms with van der Waals surface area (Å²) in [4.78, 5) is 14.8. The summed E-state index contributed by atoms with van der Waals surface area (Å²) in [6.07, 6.45) is 1.36. The van der Waals surface area contributed by atoms with Gasteiger partial charge >= 0.3 is 0 Å². The third kappa shape index (κ3) is 5.69. The number of likely N-dealkylation sites (tertiary alicyclic amines) is 1. The number of para-hydroxylation sites is 1. The number of amides is 1. The lowest BCUT2D eigenvalue weighted by atomic mass is 10.0.